The van der Waals surface area contributed by atoms with Crippen LogP contribution in [-0.4, -0.2) is 44.9 Å². The number of halogens is 4. The second-order valence-electron chi connectivity index (χ2n) is 8.75. The van der Waals surface area contributed by atoms with Crippen LogP contribution in [0.15, 0.2) is 66.8 Å². The molecular weight excluding hydrogens is 548 g/mol. The van der Waals surface area contributed by atoms with Crippen molar-refractivity contribution in [1.82, 2.24) is 25.5 Å². The van der Waals surface area contributed by atoms with Crippen LogP contribution in [0.2, 0.25) is 0 Å². The third-order valence-electron chi connectivity index (χ3n) is 5.46. The zero-order valence-electron chi connectivity index (χ0n) is 21.7. The van der Waals surface area contributed by atoms with Gasteiger partial charge in [-0.25, -0.2) is 10.2 Å². The van der Waals surface area contributed by atoms with E-state index in [0.29, 0.717) is 37.3 Å². The van der Waals surface area contributed by atoms with Crippen molar-refractivity contribution < 1.29 is 31.9 Å². The summed E-state index contributed by atoms with van der Waals surface area (Å²) in [5, 5.41) is 14.3. The summed E-state index contributed by atoms with van der Waals surface area (Å²) in [5.41, 5.74) is 6.77. The maximum absolute atomic E-state index is 13.9. The number of hydrazine groups is 1. The van der Waals surface area contributed by atoms with Crippen LogP contribution in [0.1, 0.15) is 29.7 Å². The van der Waals surface area contributed by atoms with Crippen molar-refractivity contribution in [2.45, 2.75) is 38.6 Å². The van der Waals surface area contributed by atoms with Crippen LogP contribution in [-0.2, 0) is 29.0 Å². The summed E-state index contributed by atoms with van der Waals surface area (Å²) in [4.78, 5) is 28.2. The molecule has 6 N–H and O–H groups in total. The molecule has 11 nitrogen and oxygen atoms in total. The van der Waals surface area contributed by atoms with Gasteiger partial charge in [-0.2, -0.15) is 5.10 Å². The van der Waals surface area contributed by atoms with Crippen molar-refractivity contribution in [3.05, 3.63) is 89.4 Å². The molecule has 3 rings (SSSR count). The van der Waals surface area contributed by atoms with Gasteiger partial charge in [0.15, 0.2) is 5.82 Å². The van der Waals surface area contributed by atoms with Gasteiger partial charge in [-0.05, 0) is 67.3 Å². The molecule has 0 unspecified atom stereocenters. The number of hydrogen-bond acceptors (Lipinski definition) is 9. The zero-order chi connectivity index (χ0) is 29.8. The number of carbonyl (C=O) groups is 2. The van der Waals surface area contributed by atoms with Gasteiger partial charge in [0.05, 0.1) is 12.1 Å². The molecule has 2 heterocycles. The fourth-order valence-corrected chi connectivity index (χ4v) is 3.50. The molecule has 218 valence electrons. The third kappa shape index (κ3) is 11.1. The summed E-state index contributed by atoms with van der Waals surface area (Å²) < 4.78 is 54.8. The average Bonchev–Trinajstić information content (AvgIpc) is 2.91. The molecular formula is C26H28F4N8O3. The number of ether oxygens (including phenoxy) is 1. The molecule has 2 amide bonds. The highest BCUT2D eigenvalue weighted by Crippen LogP contribution is 2.24. The Balaban J connectivity index is 1.37. The van der Waals surface area contributed by atoms with Crippen molar-refractivity contribution in [3.63, 3.8) is 0 Å². The van der Waals surface area contributed by atoms with Crippen LogP contribution in [0.3, 0.4) is 0 Å². The molecule has 0 spiro atoms. The van der Waals surface area contributed by atoms with E-state index in [-0.39, 0.29) is 23.6 Å². The maximum atomic E-state index is 13.9. The molecule has 1 aromatic carbocycles. The first kappa shape index (κ1) is 30.7. The number of anilines is 1. The van der Waals surface area contributed by atoms with E-state index in [1.54, 1.807) is 36.7 Å². The smallest absolute Gasteiger partial charge is 0.406 e. The summed E-state index contributed by atoms with van der Waals surface area (Å²) in [6.07, 6.45) is 1.56. The minimum absolute atomic E-state index is 0.190. The first-order valence-corrected chi connectivity index (χ1v) is 12.3. The number of aryl methyl sites for hydroxylation is 1. The molecule has 0 saturated carbocycles. The molecule has 41 heavy (non-hydrogen) atoms. The number of benzene rings is 1. The number of aromatic nitrogens is 3. The standard InChI is InChI=1S/C26H28F4N8O3/c27-21-6-5-20(41-26(28,29)30)14-18(21)15-34-25(40)22(31)16-38(32)12-2-1-3-19-4-7-23(37-36-19)35-24(39)13-17-8-10-33-11-9-17/h4-11,14,16H,1-3,12-13,15,31-32H2,(H,34,40)(H,35,37,39)/b22-16-. The van der Waals surface area contributed by atoms with E-state index in [2.05, 4.69) is 30.6 Å². The molecule has 0 fully saturated rings. The summed E-state index contributed by atoms with van der Waals surface area (Å²) in [6.45, 7) is -0.0803. The second kappa shape index (κ2) is 14.6. The average molecular weight is 577 g/mol. The number of nitrogens with one attached hydrogen (secondary N) is 2. The van der Waals surface area contributed by atoms with E-state index in [1.165, 1.54) is 11.2 Å². The molecule has 15 heteroatoms. The monoisotopic (exact) mass is 576 g/mol. The van der Waals surface area contributed by atoms with Gasteiger partial charge in [-0.3, -0.25) is 14.6 Å². The predicted molar refractivity (Wildman–Crippen MR) is 140 cm³/mol. The number of pyridine rings is 1. The third-order valence-corrected chi connectivity index (χ3v) is 5.46. The maximum Gasteiger partial charge on any atom is 0.573 e. The van der Waals surface area contributed by atoms with Crippen LogP contribution in [0, 0.1) is 5.82 Å². The van der Waals surface area contributed by atoms with Gasteiger partial charge in [-0.1, -0.05) is 0 Å². The van der Waals surface area contributed by atoms with E-state index in [1.807, 2.05) is 0 Å². The van der Waals surface area contributed by atoms with Gasteiger partial charge >= 0.3 is 6.36 Å². The number of unbranched alkanes of at least 4 members (excludes halogenated alkanes) is 1. The second-order valence-corrected chi connectivity index (χ2v) is 8.75. The van der Waals surface area contributed by atoms with Gasteiger partial charge in [0, 0.05) is 37.2 Å². The SMILES string of the molecule is N/C(=C\N(N)CCCCc1ccc(NC(=O)Cc2ccncc2)nn1)C(=O)NCc1cc(OC(F)(F)F)ccc1F. The molecule has 0 radical (unpaired) electrons. The zero-order valence-corrected chi connectivity index (χ0v) is 21.7. The number of rotatable bonds is 13. The Kier molecular flexibility index (Phi) is 10.9. The number of nitrogens with two attached hydrogens (primary N) is 2. The number of amides is 2. The van der Waals surface area contributed by atoms with Crippen molar-refractivity contribution in [1.29, 1.82) is 0 Å². The highest BCUT2D eigenvalue weighted by atomic mass is 19.4. The minimum atomic E-state index is -4.94. The number of hydrogen-bond donors (Lipinski definition) is 4. The summed E-state index contributed by atoms with van der Waals surface area (Å²) >= 11 is 0. The Bertz CT molecular complexity index is 1340. The van der Waals surface area contributed by atoms with Crippen molar-refractivity contribution >= 4 is 17.6 Å². The summed E-state index contributed by atoms with van der Waals surface area (Å²) in [6, 6.07) is 9.37. The van der Waals surface area contributed by atoms with E-state index < -0.39 is 30.4 Å². The molecule has 0 aliphatic rings. The van der Waals surface area contributed by atoms with E-state index >= 15 is 0 Å². The largest absolute Gasteiger partial charge is 0.573 e. The Morgan fingerprint density at radius 3 is 2.49 bits per heavy atom. The molecule has 0 bridgehead atoms. The number of nitrogens with zero attached hydrogens (tertiary/aromatic N) is 4. The molecule has 0 aliphatic heterocycles. The van der Waals surface area contributed by atoms with Crippen LogP contribution in [0.5, 0.6) is 5.75 Å². The van der Waals surface area contributed by atoms with Gasteiger partial charge in [0.25, 0.3) is 5.91 Å². The lowest BCUT2D eigenvalue weighted by molar-refractivity contribution is -0.274. The van der Waals surface area contributed by atoms with Gasteiger partial charge < -0.3 is 26.1 Å². The van der Waals surface area contributed by atoms with Crippen LogP contribution in [0.4, 0.5) is 23.4 Å². The first-order valence-electron chi connectivity index (χ1n) is 12.3. The Hall–Kier alpha value is -4.79. The Morgan fingerprint density at radius 1 is 1.05 bits per heavy atom. The van der Waals surface area contributed by atoms with Gasteiger partial charge in [-0.15, -0.1) is 18.3 Å². The fourth-order valence-electron chi connectivity index (χ4n) is 3.50. The molecule has 0 aliphatic carbocycles. The molecule has 3 aromatic rings. The summed E-state index contributed by atoms with van der Waals surface area (Å²) in [7, 11) is 0. The van der Waals surface area contributed by atoms with Gasteiger partial charge in [0.1, 0.15) is 17.3 Å². The Labute approximate surface area is 232 Å². The van der Waals surface area contributed by atoms with E-state index in [4.69, 9.17) is 11.6 Å². The lowest BCUT2D eigenvalue weighted by Crippen LogP contribution is -2.33. The lowest BCUT2D eigenvalue weighted by atomic mass is 10.2. The lowest BCUT2D eigenvalue weighted by Gasteiger charge is -2.15. The van der Waals surface area contributed by atoms with Crippen molar-refractivity contribution in [3.8, 4) is 5.75 Å². The molecule has 0 atom stereocenters. The first-order chi connectivity index (χ1) is 19.5. The van der Waals surface area contributed by atoms with Crippen LogP contribution < -0.4 is 26.9 Å². The minimum Gasteiger partial charge on any atom is -0.406 e. The topological polar surface area (TPSA) is 161 Å². The van der Waals surface area contributed by atoms with Crippen molar-refractivity contribution in [2.75, 3.05) is 11.9 Å². The normalized spacial score (nSPS) is 11.6. The quantitative estimate of drug-likeness (QED) is 0.0788. The highest BCUT2D eigenvalue weighted by Gasteiger charge is 2.31. The van der Waals surface area contributed by atoms with E-state index in [0.717, 1.165) is 23.8 Å². The molecule has 0 saturated heterocycles. The number of alkyl halides is 3. The van der Waals surface area contributed by atoms with Crippen LogP contribution >= 0.6 is 0 Å². The summed E-state index contributed by atoms with van der Waals surface area (Å²) in [5.74, 6) is 3.75. The highest BCUT2D eigenvalue weighted by molar-refractivity contribution is 5.92. The van der Waals surface area contributed by atoms with Gasteiger partial charge in [0.2, 0.25) is 5.91 Å². The fraction of sp³-hybridized carbons (Fsp3) is 0.269. The van der Waals surface area contributed by atoms with E-state index in [9.17, 15) is 27.2 Å². The number of carbonyl (C=O) groups excluding carboxylic acids is 2. The van der Waals surface area contributed by atoms with Crippen molar-refractivity contribution in [2.24, 2.45) is 11.6 Å². The Morgan fingerprint density at radius 2 is 1.80 bits per heavy atom. The molecule has 2 aromatic heterocycles. The predicted octanol–water partition coefficient (Wildman–Crippen LogP) is 2.71. The van der Waals surface area contributed by atoms with Crippen LogP contribution in [0.25, 0.3) is 0 Å².